The van der Waals surface area contributed by atoms with Gasteiger partial charge in [0.2, 0.25) is 0 Å². The molecule has 6 nitrogen and oxygen atoms in total. The molecule has 0 fully saturated rings. The molecule has 0 aromatic heterocycles. The lowest BCUT2D eigenvalue weighted by atomic mass is 10.1. The summed E-state index contributed by atoms with van der Waals surface area (Å²) in [6, 6.07) is 0. The fourth-order valence-corrected chi connectivity index (χ4v) is 9.14. The van der Waals surface area contributed by atoms with E-state index < -0.39 is 6.10 Å². The highest BCUT2D eigenvalue weighted by atomic mass is 16.6. The van der Waals surface area contributed by atoms with Crippen LogP contribution >= 0.6 is 0 Å². The van der Waals surface area contributed by atoms with Crippen LogP contribution in [0.25, 0.3) is 0 Å². The largest absolute Gasteiger partial charge is 0.462 e. The van der Waals surface area contributed by atoms with E-state index in [0.29, 0.717) is 19.3 Å². The zero-order valence-corrected chi connectivity index (χ0v) is 50.7. The van der Waals surface area contributed by atoms with Gasteiger partial charge in [0, 0.05) is 19.3 Å². The van der Waals surface area contributed by atoms with Crippen LogP contribution in [0.5, 0.6) is 0 Å². The molecule has 0 amide bonds. The third kappa shape index (κ3) is 63.0. The van der Waals surface area contributed by atoms with E-state index in [-0.39, 0.29) is 31.1 Å². The maximum absolute atomic E-state index is 12.9. The van der Waals surface area contributed by atoms with E-state index in [1.165, 1.54) is 167 Å². The second-order valence-corrected chi connectivity index (χ2v) is 21.6. The molecule has 1 unspecified atom stereocenters. The lowest BCUT2D eigenvalue weighted by molar-refractivity contribution is -0.167. The summed E-state index contributed by atoms with van der Waals surface area (Å²) in [4.78, 5) is 38.4. The molecule has 0 aliphatic carbocycles. The number of carbonyl (C=O) groups is 3. The van der Waals surface area contributed by atoms with E-state index in [1.54, 1.807) is 0 Å². The Bertz CT molecular complexity index is 1510. The molecule has 0 aliphatic heterocycles. The van der Waals surface area contributed by atoms with Crippen LogP contribution < -0.4 is 0 Å². The SMILES string of the molecule is CC/C=C\C/C=C\C/C=C\C/C=C\C/C=C\C/C=C\CCCCCCC(=O)OCC(COC(=O)CCCCCCCCC/C=C\CCCCCCCCC)OC(=O)CCCCCCCCC/C=C\CCCCCCCCC. The monoisotopic (exact) mass is 1070 g/mol. The van der Waals surface area contributed by atoms with Gasteiger partial charge in [0.1, 0.15) is 13.2 Å². The molecule has 442 valence electrons. The third-order valence-corrected chi connectivity index (χ3v) is 14.0. The minimum atomic E-state index is -0.795. The van der Waals surface area contributed by atoms with Gasteiger partial charge >= 0.3 is 17.9 Å². The van der Waals surface area contributed by atoms with E-state index in [9.17, 15) is 14.4 Å². The smallest absolute Gasteiger partial charge is 0.306 e. The topological polar surface area (TPSA) is 78.9 Å². The average molecular weight is 1070 g/mol. The minimum Gasteiger partial charge on any atom is -0.462 e. The maximum atomic E-state index is 12.9. The summed E-state index contributed by atoms with van der Waals surface area (Å²) in [5.74, 6) is -0.912. The highest BCUT2D eigenvalue weighted by Crippen LogP contribution is 2.16. The van der Waals surface area contributed by atoms with E-state index >= 15 is 0 Å². The second kappa shape index (κ2) is 64.9. The van der Waals surface area contributed by atoms with Crippen molar-refractivity contribution >= 4 is 17.9 Å². The number of allylic oxidation sites excluding steroid dienone is 16. The van der Waals surface area contributed by atoms with Crippen LogP contribution in [0.1, 0.15) is 316 Å². The molecule has 1 atom stereocenters. The number of unbranched alkanes of at least 4 members (excludes halogenated alkanes) is 32. The standard InChI is InChI=1S/C71H122O6/c1-4-7-10-13-16-19-22-25-28-31-34-35-36-37-38-41-43-46-49-52-55-58-61-64-70(73)76-67-68(77-71(74)65-62-59-56-53-50-47-44-40-33-30-27-24-21-18-15-12-9-6-3)66-75-69(72)63-60-57-54-51-48-45-42-39-32-29-26-23-20-17-14-11-8-5-2/h7,10,16,19,25,28-30,32-35,37-38,43,46,68H,4-6,8-9,11-15,17-18,20-24,26-27,31,36,39-42,44-45,47-67H2,1-3H3/b10-7-,19-16-,28-25-,32-29-,33-30-,35-34-,38-37-,46-43-. The van der Waals surface area contributed by atoms with Crippen LogP contribution in [0.15, 0.2) is 97.2 Å². The Morgan fingerprint density at radius 2 is 0.506 bits per heavy atom. The van der Waals surface area contributed by atoms with Gasteiger partial charge in [-0.25, -0.2) is 0 Å². The van der Waals surface area contributed by atoms with Gasteiger partial charge in [0.15, 0.2) is 6.10 Å². The fourth-order valence-electron chi connectivity index (χ4n) is 9.14. The van der Waals surface area contributed by atoms with Gasteiger partial charge in [0.25, 0.3) is 0 Å². The van der Waals surface area contributed by atoms with Crippen molar-refractivity contribution in [2.75, 3.05) is 13.2 Å². The van der Waals surface area contributed by atoms with E-state index in [4.69, 9.17) is 14.2 Å². The summed E-state index contributed by atoms with van der Waals surface area (Å²) in [6.45, 7) is 6.53. The summed E-state index contributed by atoms with van der Waals surface area (Å²) >= 11 is 0. The number of ether oxygens (including phenoxy) is 3. The molecule has 0 heterocycles. The first-order valence-electron chi connectivity index (χ1n) is 32.7. The first-order chi connectivity index (χ1) is 38.0. The molecule has 0 N–H and O–H groups in total. The molecule has 0 spiro atoms. The molecule has 0 radical (unpaired) electrons. The molecule has 77 heavy (non-hydrogen) atoms. The van der Waals surface area contributed by atoms with Gasteiger partial charge < -0.3 is 14.2 Å². The van der Waals surface area contributed by atoms with Gasteiger partial charge in [-0.1, -0.05) is 272 Å². The number of rotatable bonds is 59. The molecule has 0 aromatic carbocycles. The number of hydrogen-bond donors (Lipinski definition) is 0. The first-order valence-corrected chi connectivity index (χ1v) is 32.7. The van der Waals surface area contributed by atoms with Crippen LogP contribution in [-0.2, 0) is 28.6 Å². The third-order valence-electron chi connectivity index (χ3n) is 14.0. The molecule has 0 aromatic rings. The van der Waals surface area contributed by atoms with Crippen molar-refractivity contribution in [3.8, 4) is 0 Å². The summed E-state index contributed by atoms with van der Waals surface area (Å²) in [5.41, 5.74) is 0. The van der Waals surface area contributed by atoms with Gasteiger partial charge in [-0.15, -0.1) is 0 Å². The summed E-state index contributed by atoms with van der Waals surface area (Å²) in [5, 5.41) is 0. The highest BCUT2D eigenvalue weighted by molar-refractivity contribution is 5.71. The van der Waals surface area contributed by atoms with Crippen molar-refractivity contribution < 1.29 is 28.6 Å². The fraction of sp³-hybridized carbons (Fsp3) is 0.732. The van der Waals surface area contributed by atoms with Crippen LogP contribution in [0.2, 0.25) is 0 Å². The predicted octanol–water partition coefficient (Wildman–Crippen LogP) is 22.4. The molecule has 0 saturated heterocycles. The summed E-state index contributed by atoms with van der Waals surface area (Å²) in [7, 11) is 0. The second-order valence-electron chi connectivity index (χ2n) is 21.6. The number of hydrogen-bond acceptors (Lipinski definition) is 6. The first kappa shape index (κ1) is 73.3. The van der Waals surface area contributed by atoms with Crippen LogP contribution in [0.4, 0.5) is 0 Å². The zero-order chi connectivity index (χ0) is 55.7. The Morgan fingerprint density at radius 3 is 0.805 bits per heavy atom. The van der Waals surface area contributed by atoms with Crippen molar-refractivity contribution in [1.29, 1.82) is 0 Å². The molecule has 0 bridgehead atoms. The van der Waals surface area contributed by atoms with E-state index in [0.717, 1.165) is 109 Å². The van der Waals surface area contributed by atoms with Gasteiger partial charge in [-0.05, 0) is 122 Å². The molecular formula is C71H122O6. The van der Waals surface area contributed by atoms with Crippen molar-refractivity contribution in [2.24, 2.45) is 0 Å². The number of esters is 3. The van der Waals surface area contributed by atoms with Gasteiger partial charge in [-0.3, -0.25) is 14.4 Å². The number of carbonyl (C=O) groups excluding carboxylic acids is 3. The predicted molar refractivity (Wildman–Crippen MR) is 334 cm³/mol. The highest BCUT2D eigenvalue weighted by Gasteiger charge is 2.19. The zero-order valence-electron chi connectivity index (χ0n) is 50.7. The minimum absolute atomic E-state index is 0.0890. The maximum Gasteiger partial charge on any atom is 0.306 e. The van der Waals surface area contributed by atoms with Crippen molar-refractivity contribution in [3.05, 3.63) is 97.2 Å². The molecule has 0 saturated carbocycles. The Morgan fingerprint density at radius 1 is 0.273 bits per heavy atom. The van der Waals surface area contributed by atoms with E-state index in [1.807, 2.05) is 0 Å². The quantitative estimate of drug-likeness (QED) is 0.0261. The van der Waals surface area contributed by atoms with Gasteiger partial charge in [0.05, 0.1) is 0 Å². The van der Waals surface area contributed by atoms with Crippen molar-refractivity contribution in [1.82, 2.24) is 0 Å². The Kier molecular flexibility index (Phi) is 61.8. The average Bonchev–Trinajstić information content (AvgIpc) is 3.43. The Hall–Kier alpha value is -3.67. The summed E-state index contributed by atoms with van der Waals surface area (Å²) < 4.78 is 16.9. The van der Waals surface area contributed by atoms with Crippen LogP contribution in [-0.4, -0.2) is 37.2 Å². The van der Waals surface area contributed by atoms with Crippen molar-refractivity contribution in [3.63, 3.8) is 0 Å². The lowest BCUT2D eigenvalue weighted by Crippen LogP contribution is -2.30. The normalized spacial score (nSPS) is 12.7. The van der Waals surface area contributed by atoms with Crippen LogP contribution in [0.3, 0.4) is 0 Å². The molecular weight excluding hydrogens is 949 g/mol. The Labute approximate surface area is 477 Å². The van der Waals surface area contributed by atoms with Crippen LogP contribution in [0, 0.1) is 0 Å². The van der Waals surface area contributed by atoms with Gasteiger partial charge in [-0.2, -0.15) is 0 Å². The Balaban J connectivity index is 4.44. The molecule has 6 heteroatoms. The molecule has 0 aliphatic rings. The van der Waals surface area contributed by atoms with E-state index in [2.05, 4.69) is 118 Å². The van der Waals surface area contributed by atoms with Crippen molar-refractivity contribution in [2.45, 2.75) is 322 Å². The summed E-state index contributed by atoms with van der Waals surface area (Å²) in [6.07, 6.45) is 86.9. The lowest BCUT2D eigenvalue weighted by Gasteiger charge is -2.18. The molecule has 0 rings (SSSR count).